The van der Waals surface area contributed by atoms with E-state index in [0.717, 1.165) is 26.2 Å². The first-order valence-corrected chi connectivity index (χ1v) is 7.36. The number of nitrogens with one attached hydrogen (secondary N) is 1. The maximum Gasteiger partial charge on any atom is 0.241 e. The summed E-state index contributed by atoms with van der Waals surface area (Å²) in [5.41, 5.74) is 2.42. The summed E-state index contributed by atoms with van der Waals surface area (Å²) >= 11 is 0. The molecule has 3 unspecified atom stereocenters. The molecular weight excluding hydrogens is 252 g/mol. The minimum absolute atomic E-state index is 0.000648. The normalized spacial score (nSPS) is 30.2. The Balaban J connectivity index is 1.84. The van der Waals surface area contributed by atoms with Crippen LogP contribution < -0.4 is 5.32 Å². The Bertz CT molecular complexity index is 497. The number of hydrogen-bond donors (Lipinski definition) is 1. The molecule has 0 aromatic heterocycles. The van der Waals surface area contributed by atoms with E-state index in [1.807, 2.05) is 24.0 Å². The van der Waals surface area contributed by atoms with Crippen LogP contribution in [0.3, 0.4) is 0 Å². The molecule has 1 aromatic rings. The average molecular weight is 274 g/mol. The second-order valence-corrected chi connectivity index (χ2v) is 5.87. The molecule has 4 heteroatoms. The van der Waals surface area contributed by atoms with E-state index in [9.17, 15) is 4.79 Å². The van der Waals surface area contributed by atoms with Crippen LogP contribution in [0.15, 0.2) is 24.3 Å². The molecule has 20 heavy (non-hydrogen) atoms. The van der Waals surface area contributed by atoms with Crippen molar-refractivity contribution in [1.29, 1.82) is 0 Å². The van der Waals surface area contributed by atoms with E-state index in [4.69, 9.17) is 4.74 Å². The summed E-state index contributed by atoms with van der Waals surface area (Å²) in [6.45, 7) is 6.43. The van der Waals surface area contributed by atoms with Crippen LogP contribution in [0.2, 0.25) is 0 Å². The average Bonchev–Trinajstić information content (AvgIpc) is 3.04. The predicted molar refractivity (Wildman–Crippen MR) is 77.2 cm³/mol. The van der Waals surface area contributed by atoms with Gasteiger partial charge >= 0.3 is 0 Å². The van der Waals surface area contributed by atoms with Gasteiger partial charge in [-0.15, -0.1) is 0 Å². The maximum absolute atomic E-state index is 12.4. The molecule has 0 aliphatic carbocycles. The fourth-order valence-electron chi connectivity index (χ4n) is 3.13. The first kappa shape index (κ1) is 13.6. The van der Waals surface area contributed by atoms with Crippen molar-refractivity contribution in [2.45, 2.75) is 32.5 Å². The molecule has 1 N–H and O–H groups in total. The Morgan fingerprint density at radius 2 is 2.20 bits per heavy atom. The quantitative estimate of drug-likeness (QED) is 0.914. The number of hydrogen-bond acceptors (Lipinski definition) is 3. The highest BCUT2D eigenvalue weighted by atomic mass is 16.5. The number of benzene rings is 1. The van der Waals surface area contributed by atoms with E-state index in [0.29, 0.717) is 5.92 Å². The summed E-state index contributed by atoms with van der Waals surface area (Å²) in [5.74, 6) is 0.669. The standard InChI is InChI=1S/C16H22N2O2/c1-11-5-3-4-6-14(11)15-17-12(2)16(19)18(15)9-13-7-8-20-10-13/h3-6,12-13,15,17H,7-10H2,1-2H3. The van der Waals surface area contributed by atoms with Gasteiger partial charge in [-0.3, -0.25) is 10.1 Å². The van der Waals surface area contributed by atoms with Crippen molar-refractivity contribution in [3.8, 4) is 0 Å². The third-order valence-corrected chi connectivity index (χ3v) is 4.33. The van der Waals surface area contributed by atoms with E-state index >= 15 is 0 Å². The summed E-state index contributed by atoms with van der Waals surface area (Å²) in [6.07, 6.45) is 1.05. The van der Waals surface area contributed by atoms with Crippen LogP contribution in [0.5, 0.6) is 0 Å². The number of aryl methyl sites for hydroxylation is 1. The molecular formula is C16H22N2O2. The van der Waals surface area contributed by atoms with E-state index in [1.165, 1.54) is 11.1 Å². The number of carbonyl (C=O) groups excluding carboxylic acids is 1. The van der Waals surface area contributed by atoms with Crippen molar-refractivity contribution >= 4 is 5.91 Å². The highest BCUT2D eigenvalue weighted by Gasteiger charge is 2.38. The SMILES string of the molecule is Cc1ccccc1C1NC(C)C(=O)N1CC1CCOC1. The molecule has 3 rings (SSSR count). The van der Waals surface area contributed by atoms with Crippen molar-refractivity contribution in [1.82, 2.24) is 10.2 Å². The molecule has 3 atom stereocenters. The van der Waals surface area contributed by atoms with Gasteiger partial charge in [0.1, 0.15) is 6.17 Å². The molecule has 0 bridgehead atoms. The number of amides is 1. The van der Waals surface area contributed by atoms with Crippen molar-refractivity contribution in [3.63, 3.8) is 0 Å². The highest BCUT2D eigenvalue weighted by molar-refractivity contribution is 5.84. The zero-order valence-corrected chi connectivity index (χ0v) is 12.1. The summed E-state index contributed by atoms with van der Waals surface area (Å²) in [5, 5.41) is 3.42. The Kier molecular flexibility index (Phi) is 3.76. The molecule has 1 amide bonds. The number of ether oxygens (including phenoxy) is 1. The topological polar surface area (TPSA) is 41.6 Å². The van der Waals surface area contributed by atoms with Crippen LogP contribution in [0.25, 0.3) is 0 Å². The van der Waals surface area contributed by atoms with E-state index in [2.05, 4.69) is 24.4 Å². The lowest BCUT2D eigenvalue weighted by atomic mass is 10.0. The van der Waals surface area contributed by atoms with Crippen molar-refractivity contribution in [2.24, 2.45) is 5.92 Å². The Labute approximate surface area is 120 Å². The Morgan fingerprint density at radius 1 is 1.40 bits per heavy atom. The second-order valence-electron chi connectivity index (χ2n) is 5.87. The van der Waals surface area contributed by atoms with Gasteiger partial charge in [0.25, 0.3) is 0 Å². The van der Waals surface area contributed by atoms with Gasteiger partial charge in [0, 0.05) is 19.1 Å². The van der Waals surface area contributed by atoms with Gasteiger partial charge in [0.15, 0.2) is 0 Å². The van der Waals surface area contributed by atoms with Gasteiger partial charge in [-0.2, -0.15) is 0 Å². The predicted octanol–water partition coefficient (Wildman–Crippen LogP) is 1.85. The highest BCUT2D eigenvalue weighted by Crippen LogP contribution is 2.29. The summed E-state index contributed by atoms with van der Waals surface area (Å²) in [6, 6.07) is 8.17. The van der Waals surface area contributed by atoms with E-state index in [-0.39, 0.29) is 18.1 Å². The molecule has 0 saturated carbocycles. The molecule has 2 heterocycles. The van der Waals surface area contributed by atoms with Gasteiger partial charge in [0.2, 0.25) is 5.91 Å². The Morgan fingerprint density at radius 3 is 2.90 bits per heavy atom. The first-order valence-electron chi connectivity index (χ1n) is 7.36. The summed E-state index contributed by atoms with van der Waals surface area (Å²) in [7, 11) is 0. The fraction of sp³-hybridized carbons (Fsp3) is 0.562. The molecule has 2 saturated heterocycles. The van der Waals surface area contributed by atoms with Gasteiger partial charge in [0.05, 0.1) is 12.6 Å². The van der Waals surface area contributed by atoms with Gasteiger partial charge in [-0.1, -0.05) is 24.3 Å². The lowest BCUT2D eigenvalue weighted by Gasteiger charge is -2.27. The largest absolute Gasteiger partial charge is 0.381 e. The van der Waals surface area contributed by atoms with Crippen molar-refractivity contribution in [2.75, 3.05) is 19.8 Å². The summed E-state index contributed by atoms with van der Waals surface area (Å²) in [4.78, 5) is 14.4. The number of nitrogens with zero attached hydrogens (tertiary/aromatic N) is 1. The van der Waals surface area contributed by atoms with Crippen LogP contribution in [0.1, 0.15) is 30.6 Å². The van der Waals surface area contributed by atoms with E-state index in [1.54, 1.807) is 0 Å². The lowest BCUT2D eigenvalue weighted by Crippen LogP contribution is -2.35. The molecule has 0 radical (unpaired) electrons. The zero-order valence-electron chi connectivity index (χ0n) is 12.1. The van der Waals surface area contributed by atoms with Gasteiger partial charge < -0.3 is 9.64 Å². The maximum atomic E-state index is 12.4. The molecule has 108 valence electrons. The first-order chi connectivity index (χ1) is 9.66. The minimum atomic E-state index is -0.109. The number of carbonyl (C=O) groups is 1. The van der Waals surface area contributed by atoms with Crippen LogP contribution in [-0.4, -0.2) is 36.6 Å². The van der Waals surface area contributed by atoms with Crippen LogP contribution in [0, 0.1) is 12.8 Å². The Hall–Kier alpha value is -1.39. The third-order valence-electron chi connectivity index (χ3n) is 4.33. The van der Waals surface area contributed by atoms with Crippen LogP contribution in [-0.2, 0) is 9.53 Å². The zero-order chi connectivity index (χ0) is 14.1. The molecule has 4 nitrogen and oxygen atoms in total. The van der Waals surface area contributed by atoms with Gasteiger partial charge in [-0.05, 0) is 31.4 Å². The molecule has 2 fully saturated rings. The number of rotatable bonds is 3. The molecule has 1 aromatic carbocycles. The second kappa shape index (κ2) is 5.54. The van der Waals surface area contributed by atoms with Crippen molar-refractivity contribution < 1.29 is 9.53 Å². The van der Waals surface area contributed by atoms with Crippen LogP contribution in [0.4, 0.5) is 0 Å². The molecule has 0 spiro atoms. The smallest absolute Gasteiger partial charge is 0.241 e. The van der Waals surface area contributed by atoms with Crippen LogP contribution >= 0.6 is 0 Å². The van der Waals surface area contributed by atoms with E-state index < -0.39 is 0 Å². The molecule has 2 aliphatic rings. The fourth-order valence-corrected chi connectivity index (χ4v) is 3.13. The van der Waals surface area contributed by atoms with Gasteiger partial charge in [-0.25, -0.2) is 0 Å². The molecule has 2 aliphatic heterocycles. The summed E-state index contributed by atoms with van der Waals surface area (Å²) < 4.78 is 5.44. The van der Waals surface area contributed by atoms with Crippen molar-refractivity contribution in [3.05, 3.63) is 35.4 Å². The third kappa shape index (κ3) is 2.45. The minimum Gasteiger partial charge on any atom is -0.381 e. The lowest BCUT2D eigenvalue weighted by molar-refractivity contribution is -0.130. The monoisotopic (exact) mass is 274 g/mol.